The minimum atomic E-state index is -2.08. The number of carbonyl (C=O) groups is 1. The van der Waals surface area contributed by atoms with Crippen LogP contribution in [0.5, 0.6) is 0 Å². The summed E-state index contributed by atoms with van der Waals surface area (Å²) in [6.45, 7) is 4.26. The lowest BCUT2D eigenvalue weighted by atomic mass is 9.45. The maximum Gasteiger partial charge on any atom is 0.133 e. The third kappa shape index (κ3) is 1.84. The van der Waals surface area contributed by atoms with Crippen molar-refractivity contribution in [3.05, 3.63) is 0 Å². The highest BCUT2D eigenvalue weighted by molar-refractivity contribution is 5.79. The second kappa shape index (κ2) is 4.57. The zero-order valence-electron chi connectivity index (χ0n) is 17.2. The Labute approximate surface area is 134 Å². The molecule has 2 heteroatoms. The van der Waals surface area contributed by atoms with Gasteiger partial charge in [-0.3, -0.25) is 4.79 Å². The molecule has 0 amide bonds. The van der Waals surface area contributed by atoms with Crippen LogP contribution in [0.2, 0.25) is 0 Å². The molecule has 0 heterocycles. The Morgan fingerprint density at radius 1 is 1.05 bits per heavy atom. The zero-order valence-corrected chi connectivity index (χ0v) is 13.2. The molecule has 0 bridgehead atoms. The van der Waals surface area contributed by atoms with E-state index in [2.05, 4.69) is 6.92 Å². The monoisotopic (exact) mass is 294 g/mol. The summed E-state index contributed by atoms with van der Waals surface area (Å²) in [5.74, 6) is -0.0932. The summed E-state index contributed by atoms with van der Waals surface area (Å²) in [5.41, 5.74) is -0.508. The molecule has 0 aromatic heterocycles. The topological polar surface area (TPSA) is 37.3 Å². The van der Waals surface area contributed by atoms with Crippen molar-refractivity contribution in [2.45, 2.75) is 77.6 Å². The van der Waals surface area contributed by atoms with Crippen LogP contribution in [0.4, 0.5) is 0 Å². The Kier molecular flexibility index (Phi) is 2.26. The standard InChI is InChI=1S/C19H30O2/c1-18-9-7-13(20)11-12(18)3-4-14-15-5-6-17(21)19(15,2)10-8-16(14)18/h12,14-17,21H,3-11H2,1-2H3/t12-,14-,15-,16-,17-,18-,19-/m0/s1/i7D2,11D2. The smallest absolute Gasteiger partial charge is 0.133 e. The van der Waals surface area contributed by atoms with Gasteiger partial charge in [0.15, 0.2) is 0 Å². The summed E-state index contributed by atoms with van der Waals surface area (Å²) in [6, 6.07) is 0. The van der Waals surface area contributed by atoms with Crippen LogP contribution in [-0.2, 0) is 4.79 Å². The molecule has 4 fully saturated rings. The quantitative estimate of drug-likeness (QED) is 0.734. The van der Waals surface area contributed by atoms with Gasteiger partial charge in [-0.05, 0) is 79.4 Å². The van der Waals surface area contributed by atoms with Gasteiger partial charge >= 0.3 is 0 Å². The van der Waals surface area contributed by atoms with Crippen molar-refractivity contribution in [2.24, 2.45) is 34.5 Å². The molecular formula is C19H30O2. The second-order valence-corrected chi connectivity index (χ2v) is 8.48. The number of aliphatic hydroxyl groups is 1. The fourth-order valence-electron chi connectivity index (χ4n) is 6.40. The van der Waals surface area contributed by atoms with E-state index in [0.717, 1.165) is 32.1 Å². The number of hydrogen-bond donors (Lipinski definition) is 1. The molecule has 4 aliphatic carbocycles. The van der Waals surface area contributed by atoms with E-state index >= 15 is 0 Å². The van der Waals surface area contributed by atoms with Crippen LogP contribution < -0.4 is 0 Å². The van der Waals surface area contributed by atoms with Gasteiger partial charge in [0.25, 0.3) is 0 Å². The SMILES string of the molecule is [2H]C1([2H])C[C@]2(C)[C@H]3CC[C@]4(C)[C@@H](O)CC[C@H]4[C@@H]3CC[C@H]2C([2H])([2H])C1=O. The molecule has 21 heavy (non-hydrogen) atoms. The largest absolute Gasteiger partial charge is 0.393 e. The molecule has 118 valence electrons. The molecule has 0 aliphatic heterocycles. The molecule has 4 aliphatic rings. The number of ketones is 1. The van der Waals surface area contributed by atoms with Gasteiger partial charge in [-0.2, -0.15) is 0 Å². The molecule has 1 N–H and O–H groups in total. The first-order chi connectivity index (χ1) is 11.4. The van der Waals surface area contributed by atoms with Crippen LogP contribution >= 0.6 is 0 Å². The number of Topliss-reactive ketones (excluding diaryl/α,β-unsaturated/α-hetero) is 1. The Bertz CT molecular complexity index is 606. The molecule has 0 saturated heterocycles. The zero-order chi connectivity index (χ0) is 18.4. The Balaban J connectivity index is 1.73. The first kappa shape index (κ1) is 10.4. The highest BCUT2D eigenvalue weighted by atomic mass is 16.3. The number of hydrogen-bond acceptors (Lipinski definition) is 2. The van der Waals surface area contributed by atoms with E-state index in [4.69, 9.17) is 5.48 Å². The molecule has 7 atom stereocenters. The Morgan fingerprint density at radius 3 is 2.62 bits per heavy atom. The normalized spacial score (nSPS) is 64.1. The Morgan fingerprint density at radius 2 is 1.81 bits per heavy atom. The molecule has 2 nitrogen and oxygen atoms in total. The van der Waals surface area contributed by atoms with Gasteiger partial charge in [0.2, 0.25) is 0 Å². The van der Waals surface area contributed by atoms with E-state index in [1.54, 1.807) is 0 Å². The predicted molar refractivity (Wildman–Crippen MR) is 82.7 cm³/mol. The van der Waals surface area contributed by atoms with Crippen LogP contribution in [0.3, 0.4) is 0 Å². The van der Waals surface area contributed by atoms with Gasteiger partial charge in [0.05, 0.1) is 6.10 Å². The first-order valence-electron chi connectivity index (χ1n) is 10.7. The molecule has 0 unspecified atom stereocenters. The van der Waals surface area contributed by atoms with Gasteiger partial charge in [-0.15, -0.1) is 0 Å². The third-order valence-corrected chi connectivity index (χ3v) is 7.75. The maximum atomic E-state index is 12.4. The van der Waals surface area contributed by atoms with Crippen LogP contribution in [0.1, 0.15) is 77.0 Å². The van der Waals surface area contributed by atoms with E-state index in [0.29, 0.717) is 18.3 Å². The summed E-state index contributed by atoms with van der Waals surface area (Å²) in [5, 5.41) is 10.5. The second-order valence-electron chi connectivity index (χ2n) is 8.48. The van der Waals surface area contributed by atoms with E-state index in [1.807, 2.05) is 6.92 Å². The van der Waals surface area contributed by atoms with Gasteiger partial charge in [-0.1, -0.05) is 13.8 Å². The molecular weight excluding hydrogens is 260 g/mol. The fraction of sp³-hybridized carbons (Fsp3) is 0.947. The summed E-state index contributed by atoms with van der Waals surface area (Å²) < 4.78 is 33.2. The van der Waals surface area contributed by atoms with Crippen molar-refractivity contribution < 1.29 is 15.4 Å². The predicted octanol–water partition coefficient (Wildman–Crippen LogP) is 3.96. The van der Waals surface area contributed by atoms with Crippen LogP contribution in [0.25, 0.3) is 0 Å². The van der Waals surface area contributed by atoms with Crippen molar-refractivity contribution in [3.63, 3.8) is 0 Å². The summed E-state index contributed by atoms with van der Waals surface area (Å²) in [4.78, 5) is 12.4. The first-order valence-corrected chi connectivity index (χ1v) is 8.67. The van der Waals surface area contributed by atoms with Crippen LogP contribution in [-0.4, -0.2) is 17.0 Å². The van der Waals surface area contributed by atoms with Gasteiger partial charge in [0, 0.05) is 18.2 Å². The minimum absolute atomic E-state index is 0.0348. The van der Waals surface area contributed by atoms with Crippen LogP contribution in [0, 0.1) is 34.5 Å². The van der Waals surface area contributed by atoms with Gasteiger partial charge in [0.1, 0.15) is 5.78 Å². The average molecular weight is 294 g/mol. The lowest BCUT2D eigenvalue weighted by Gasteiger charge is -2.60. The van der Waals surface area contributed by atoms with E-state index in [-0.39, 0.29) is 29.8 Å². The molecule has 0 radical (unpaired) electrons. The lowest BCUT2D eigenvalue weighted by molar-refractivity contribution is -0.141. The third-order valence-electron chi connectivity index (χ3n) is 7.75. The number of fused-ring (bicyclic) bond motifs is 5. The minimum Gasteiger partial charge on any atom is -0.393 e. The van der Waals surface area contributed by atoms with Crippen molar-refractivity contribution in [1.82, 2.24) is 0 Å². The van der Waals surface area contributed by atoms with Crippen molar-refractivity contribution in [1.29, 1.82) is 0 Å². The maximum absolute atomic E-state index is 12.4. The summed E-state index contributed by atoms with van der Waals surface area (Å²) in [7, 11) is 0. The summed E-state index contributed by atoms with van der Waals surface area (Å²) >= 11 is 0. The van der Waals surface area contributed by atoms with Crippen molar-refractivity contribution >= 4 is 5.78 Å². The molecule has 0 aromatic carbocycles. The average Bonchev–Trinajstić information content (AvgIpc) is 2.80. The van der Waals surface area contributed by atoms with E-state index < -0.39 is 23.9 Å². The van der Waals surface area contributed by atoms with Crippen molar-refractivity contribution in [3.8, 4) is 0 Å². The highest BCUT2D eigenvalue weighted by Gasteiger charge is 2.59. The molecule has 0 aromatic rings. The number of rotatable bonds is 0. The van der Waals surface area contributed by atoms with Crippen LogP contribution in [0.15, 0.2) is 0 Å². The van der Waals surface area contributed by atoms with Crippen molar-refractivity contribution in [2.75, 3.05) is 0 Å². The van der Waals surface area contributed by atoms with Gasteiger partial charge < -0.3 is 5.11 Å². The molecule has 4 saturated carbocycles. The molecule has 0 spiro atoms. The van der Waals surface area contributed by atoms with Gasteiger partial charge in [-0.25, -0.2) is 0 Å². The lowest BCUT2D eigenvalue weighted by Crippen LogP contribution is -2.54. The number of carbonyl (C=O) groups excluding carboxylic acids is 1. The molecule has 4 rings (SSSR count). The Hall–Kier alpha value is -0.370. The van der Waals surface area contributed by atoms with E-state index in [1.165, 1.54) is 0 Å². The fourth-order valence-corrected chi connectivity index (χ4v) is 6.40. The highest BCUT2D eigenvalue weighted by Crippen LogP contribution is 2.65. The number of aliphatic hydroxyl groups excluding tert-OH is 1. The van der Waals surface area contributed by atoms with E-state index in [9.17, 15) is 9.90 Å². The summed E-state index contributed by atoms with van der Waals surface area (Å²) in [6.07, 6.45) is 1.06.